The van der Waals surface area contributed by atoms with Crippen molar-refractivity contribution in [2.75, 3.05) is 0 Å². The van der Waals surface area contributed by atoms with Crippen molar-refractivity contribution >= 4 is 18.3 Å². The molecule has 0 rings (SSSR count). The number of hydrogen-bond acceptors (Lipinski definition) is 2. The predicted octanol–water partition coefficient (Wildman–Crippen LogP) is 2.52. The molecule has 0 aliphatic heterocycles. The molecule has 0 aromatic heterocycles. The highest BCUT2D eigenvalue weighted by Gasteiger charge is 2.07. The van der Waals surface area contributed by atoms with Gasteiger partial charge in [-0.1, -0.05) is 18.2 Å². The molecule has 0 saturated carbocycles. The first kappa shape index (κ1) is 10.1. The Hall–Kier alpha value is -0.900. The summed E-state index contributed by atoms with van der Waals surface area (Å²) in [7, 11) is 0. The monoisotopic (exact) mass is 181 g/mol. The third kappa shape index (κ3) is 3.72. The van der Waals surface area contributed by atoms with Gasteiger partial charge < -0.3 is 4.74 Å². The fourth-order valence-corrected chi connectivity index (χ4v) is 0.445. The van der Waals surface area contributed by atoms with E-state index in [9.17, 15) is 8.78 Å². The van der Waals surface area contributed by atoms with E-state index in [-0.39, 0.29) is 5.03 Å². The number of nitrogens with zero attached hydrogens (tertiary/aromatic N) is 1. The van der Waals surface area contributed by atoms with Crippen molar-refractivity contribution in [3.63, 3.8) is 0 Å². The third-order valence-electron chi connectivity index (χ3n) is 0.728. The topological polar surface area (TPSA) is 21.6 Å². The van der Waals surface area contributed by atoms with E-state index < -0.39 is 12.5 Å². The number of ether oxygens (including phenoxy) is 1. The lowest BCUT2D eigenvalue weighted by molar-refractivity contribution is -0.0966. The molecule has 62 valence electrons. The van der Waals surface area contributed by atoms with E-state index in [0.717, 1.165) is 6.08 Å². The molecule has 0 amide bonds. The zero-order valence-electron chi connectivity index (χ0n) is 5.56. The van der Waals surface area contributed by atoms with E-state index in [4.69, 9.17) is 11.6 Å². The van der Waals surface area contributed by atoms with Crippen molar-refractivity contribution < 1.29 is 13.5 Å². The average molecular weight is 182 g/mol. The van der Waals surface area contributed by atoms with E-state index in [1.807, 2.05) is 0 Å². The minimum Gasteiger partial charge on any atom is -0.415 e. The highest BCUT2D eigenvalue weighted by atomic mass is 35.5. The molecule has 0 heterocycles. The van der Waals surface area contributed by atoms with Gasteiger partial charge in [0.2, 0.25) is 5.88 Å². The van der Waals surface area contributed by atoms with Gasteiger partial charge in [-0.25, -0.2) is 4.99 Å². The van der Waals surface area contributed by atoms with Crippen LogP contribution in [-0.4, -0.2) is 13.3 Å². The molecule has 0 aromatic rings. The zero-order chi connectivity index (χ0) is 8.85. The molecule has 2 nitrogen and oxygen atoms in total. The molecule has 0 bridgehead atoms. The molecule has 0 aliphatic carbocycles. The van der Waals surface area contributed by atoms with Gasteiger partial charge in [0, 0.05) is 0 Å². The summed E-state index contributed by atoms with van der Waals surface area (Å²) in [6.45, 7) is 3.26. The standard InChI is InChI=1S/C6H6ClF2NO/c1-3-4(7)5(10-2)11-6(8)9/h3,6H,1-2H2/b5-4-. The molecule has 0 aliphatic rings. The Balaban J connectivity index is 4.38. The van der Waals surface area contributed by atoms with Crippen LogP contribution >= 0.6 is 11.6 Å². The maximum atomic E-state index is 11.5. The first-order valence-corrected chi connectivity index (χ1v) is 2.93. The molecule has 5 heteroatoms. The largest absolute Gasteiger partial charge is 0.415 e. The smallest absolute Gasteiger partial charge is 0.388 e. The van der Waals surface area contributed by atoms with Crippen LogP contribution in [0.1, 0.15) is 0 Å². The number of rotatable bonds is 4. The van der Waals surface area contributed by atoms with Gasteiger partial charge in [0.25, 0.3) is 0 Å². The Morgan fingerprint density at radius 2 is 2.18 bits per heavy atom. The summed E-state index contributed by atoms with van der Waals surface area (Å²) < 4.78 is 26.9. The van der Waals surface area contributed by atoms with E-state index >= 15 is 0 Å². The second kappa shape index (κ2) is 4.85. The molecule has 0 fully saturated rings. The lowest BCUT2D eigenvalue weighted by Gasteiger charge is -2.03. The van der Waals surface area contributed by atoms with Crippen molar-refractivity contribution in [3.8, 4) is 0 Å². The van der Waals surface area contributed by atoms with E-state index in [1.54, 1.807) is 0 Å². The number of aliphatic imine (C=N–C) groups is 1. The summed E-state index contributed by atoms with van der Waals surface area (Å²) in [6.07, 6.45) is 1.13. The summed E-state index contributed by atoms with van der Waals surface area (Å²) in [5, 5.41) is -0.0969. The summed E-state index contributed by atoms with van der Waals surface area (Å²) in [4.78, 5) is 3.12. The highest BCUT2D eigenvalue weighted by Crippen LogP contribution is 2.15. The number of allylic oxidation sites excluding steroid dienone is 2. The Kier molecular flexibility index (Phi) is 4.45. The first-order valence-electron chi connectivity index (χ1n) is 2.55. The Morgan fingerprint density at radius 1 is 1.64 bits per heavy atom. The molecule has 0 unspecified atom stereocenters. The molecule has 0 radical (unpaired) electrons. The summed E-state index contributed by atoms with van der Waals surface area (Å²) in [5.41, 5.74) is 0. The van der Waals surface area contributed by atoms with E-state index in [1.165, 1.54) is 0 Å². The van der Waals surface area contributed by atoms with E-state index in [2.05, 4.69) is 23.0 Å². The van der Waals surface area contributed by atoms with Crippen LogP contribution in [0.15, 0.2) is 28.6 Å². The molecular weight excluding hydrogens is 176 g/mol. The maximum absolute atomic E-state index is 11.5. The number of alkyl halides is 2. The van der Waals surface area contributed by atoms with Crippen molar-refractivity contribution in [1.82, 2.24) is 0 Å². The van der Waals surface area contributed by atoms with Crippen LogP contribution in [0.4, 0.5) is 8.78 Å². The summed E-state index contributed by atoms with van der Waals surface area (Å²) >= 11 is 5.34. The van der Waals surface area contributed by atoms with Crippen molar-refractivity contribution in [2.24, 2.45) is 4.99 Å². The Labute approximate surface area is 67.8 Å². The number of halogens is 3. The van der Waals surface area contributed by atoms with Gasteiger partial charge in [0.1, 0.15) is 5.03 Å². The van der Waals surface area contributed by atoms with Gasteiger partial charge in [-0.05, 0) is 12.8 Å². The Morgan fingerprint density at radius 3 is 2.45 bits per heavy atom. The van der Waals surface area contributed by atoms with Crippen LogP contribution in [-0.2, 0) is 4.74 Å². The second-order valence-electron chi connectivity index (χ2n) is 1.39. The molecular formula is C6H6ClF2NO. The van der Waals surface area contributed by atoms with Crippen LogP contribution in [0.25, 0.3) is 0 Å². The fraction of sp³-hybridized carbons (Fsp3) is 0.167. The normalized spacial score (nSPS) is 12.4. The molecule has 0 aromatic carbocycles. The van der Waals surface area contributed by atoms with Crippen molar-refractivity contribution in [2.45, 2.75) is 6.61 Å². The van der Waals surface area contributed by atoms with Crippen molar-refractivity contribution in [1.29, 1.82) is 0 Å². The van der Waals surface area contributed by atoms with Gasteiger partial charge in [-0.15, -0.1) is 0 Å². The first-order chi connectivity index (χ1) is 5.11. The lowest BCUT2D eigenvalue weighted by Crippen LogP contribution is -1.98. The second-order valence-corrected chi connectivity index (χ2v) is 1.80. The van der Waals surface area contributed by atoms with Gasteiger partial charge in [-0.2, -0.15) is 8.78 Å². The molecule has 0 spiro atoms. The molecule has 0 saturated heterocycles. The third-order valence-corrected chi connectivity index (χ3v) is 1.04. The SMILES string of the molecule is C=C/C(Cl)=C(\N=C)OC(F)F. The predicted molar refractivity (Wildman–Crippen MR) is 39.7 cm³/mol. The van der Waals surface area contributed by atoms with Crippen LogP contribution in [0.2, 0.25) is 0 Å². The quantitative estimate of drug-likeness (QED) is 0.371. The summed E-state index contributed by atoms with van der Waals surface area (Å²) in [6, 6.07) is 0. The zero-order valence-corrected chi connectivity index (χ0v) is 6.31. The minimum absolute atomic E-state index is 0.0969. The van der Waals surface area contributed by atoms with Gasteiger partial charge in [0.05, 0.1) is 0 Å². The fourth-order valence-electron chi connectivity index (χ4n) is 0.341. The van der Waals surface area contributed by atoms with Gasteiger partial charge >= 0.3 is 6.61 Å². The van der Waals surface area contributed by atoms with E-state index in [0.29, 0.717) is 0 Å². The molecule has 0 atom stereocenters. The maximum Gasteiger partial charge on any atom is 0.388 e. The van der Waals surface area contributed by atoms with Crippen molar-refractivity contribution in [3.05, 3.63) is 23.6 Å². The minimum atomic E-state index is -2.95. The molecule has 11 heavy (non-hydrogen) atoms. The van der Waals surface area contributed by atoms with Crippen LogP contribution < -0.4 is 0 Å². The Bertz CT molecular complexity index is 191. The summed E-state index contributed by atoms with van der Waals surface area (Å²) in [5.74, 6) is -0.420. The van der Waals surface area contributed by atoms with Crippen LogP contribution in [0, 0.1) is 0 Å². The average Bonchev–Trinajstić information content (AvgIpc) is 1.98. The molecule has 0 N–H and O–H groups in total. The number of hydrogen-bond donors (Lipinski definition) is 0. The highest BCUT2D eigenvalue weighted by molar-refractivity contribution is 6.31. The van der Waals surface area contributed by atoms with Crippen LogP contribution in [0.3, 0.4) is 0 Å². The van der Waals surface area contributed by atoms with Gasteiger partial charge in [0.15, 0.2) is 0 Å². The van der Waals surface area contributed by atoms with Gasteiger partial charge in [-0.3, -0.25) is 0 Å². The lowest BCUT2D eigenvalue weighted by atomic mass is 10.5. The van der Waals surface area contributed by atoms with Crippen LogP contribution in [0.5, 0.6) is 0 Å².